The second-order valence-electron chi connectivity index (χ2n) is 6.85. The Hall–Kier alpha value is -1.67. The number of carbonyl (C=O) groups excluding carboxylic acids is 1. The first-order valence-corrected chi connectivity index (χ1v) is 13.1. The molecule has 10 heteroatoms. The third kappa shape index (κ3) is 4.96. The Kier molecular flexibility index (Phi) is 6.82. The lowest BCUT2D eigenvalue weighted by molar-refractivity contribution is -0.112. The molecule has 0 spiro atoms. The molecular formula is C22H13Cl4NO3S2. The number of sulfone groups is 1. The van der Waals surface area contributed by atoms with Crippen molar-refractivity contribution in [3.05, 3.63) is 90.7 Å². The van der Waals surface area contributed by atoms with Crippen LogP contribution in [0.5, 0.6) is 0 Å². The zero-order chi connectivity index (χ0) is 23.0. The molecule has 0 fully saturated rings. The van der Waals surface area contributed by atoms with Gasteiger partial charge < -0.3 is 5.32 Å². The van der Waals surface area contributed by atoms with Gasteiger partial charge in [-0.05, 0) is 54.1 Å². The Morgan fingerprint density at radius 2 is 1.62 bits per heavy atom. The zero-order valence-corrected chi connectivity index (χ0v) is 20.7. The van der Waals surface area contributed by atoms with E-state index in [0.717, 1.165) is 0 Å². The van der Waals surface area contributed by atoms with Gasteiger partial charge in [0.2, 0.25) is 0 Å². The van der Waals surface area contributed by atoms with Crippen LogP contribution in [0, 0.1) is 0 Å². The monoisotopic (exact) mass is 543 g/mol. The van der Waals surface area contributed by atoms with Crippen LogP contribution in [0.4, 0.5) is 5.69 Å². The fourth-order valence-corrected chi connectivity index (χ4v) is 6.54. The Morgan fingerprint density at radius 3 is 2.31 bits per heavy atom. The van der Waals surface area contributed by atoms with E-state index in [9.17, 15) is 13.2 Å². The SMILES string of the molecule is O=C1Nc2cc(S(=O)(=O)Cc3c(Cl)cccc3Cl)ccc2S/C1=C/c1ccc(Cl)cc1Cl. The summed E-state index contributed by atoms with van der Waals surface area (Å²) in [5.41, 5.74) is 1.38. The van der Waals surface area contributed by atoms with Gasteiger partial charge in [0.25, 0.3) is 5.91 Å². The quantitative estimate of drug-likeness (QED) is 0.348. The molecule has 164 valence electrons. The molecule has 0 radical (unpaired) electrons. The molecule has 0 saturated carbocycles. The van der Waals surface area contributed by atoms with Crippen molar-refractivity contribution in [2.45, 2.75) is 15.5 Å². The number of anilines is 1. The highest BCUT2D eigenvalue weighted by Crippen LogP contribution is 2.41. The number of benzene rings is 3. The van der Waals surface area contributed by atoms with E-state index < -0.39 is 9.84 Å². The molecule has 1 amide bonds. The topological polar surface area (TPSA) is 63.2 Å². The van der Waals surface area contributed by atoms with E-state index in [4.69, 9.17) is 46.4 Å². The lowest BCUT2D eigenvalue weighted by Gasteiger charge is -2.20. The number of hydrogen-bond donors (Lipinski definition) is 1. The number of nitrogens with one attached hydrogen (secondary N) is 1. The maximum Gasteiger partial charge on any atom is 0.262 e. The lowest BCUT2D eigenvalue weighted by Crippen LogP contribution is -2.18. The van der Waals surface area contributed by atoms with Crippen molar-refractivity contribution in [1.82, 2.24) is 0 Å². The normalized spacial score (nSPS) is 14.9. The first-order valence-electron chi connectivity index (χ1n) is 9.10. The molecule has 0 aliphatic carbocycles. The van der Waals surface area contributed by atoms with Crippen molar-refractivity contribution < 1.29 is 13.2 Å². The third-order valence-electron chi connectivity index (χ3n) is 4.65. The number of halogens is 4. The van der Waals surface area contributed by atoms with Gasteiger partial charge in [-0.15, -0.1) is 0 Å². The van der Waals surface area contributed by atoms with Crippen LogP contribution >= 0.6 is 58.2 Å². The zero-order valence-electron chi connectivity index (χ0n) is 16.0. The summed E-state index contributed by atoms with van der Waals surface area (Å²) in [7, 11) is -3.76. The van der Waals surface area contributed by atoms with E-state index in [2.05, 4.69) is 5.32 Å². The number of carbonyl (C=O) groups is 1. The molecule has 32 heavy (non-hydrogen) atoms. The molecule has 4 nitrogen and oxygen atoms in total. The first-order chi connectivity index (χ1) is 15.1. The van der Waals surface area contributed by atoms with Gasteiger partial charge in [0.15, 0.2) is 9.84 Å². The fourth-order valence-electron chi connectivity index (χ4n) is 3.04. The number of amides is 1. The van der Waals surface area contributed by atoms with Crippen LogP contribution < -0.4 is 5.32 Å². The van der Waals surface area contributed by atoms with Crippen LogP contribution in [0.1, 0.15) is 11.1 Å². The minimum atomic E-state index is -3.76. The molecule has 0 saturated heterocycles. The van der Waals surface area contributed by atoms with Crippen molar-refractivity contribution in [1.29, 1.82) is 0 Å². The van der Waals surface area contributed by atoms with E-state index in [1.807, 2.05) is 0 Å². The highest BCUT2D eigenvalue weighted by molar-refractivity contribution is 8.04. The highest BCUT2D eigenvalue weighted by atomic mass is 35.5. The van der Waals surface area contributed by atoms with E-state index >= 15 is 0 Å². The van der Waals surface area contributed by atoms with E-state index in [1.54, 1.807) is 48.5 Å². The van der Waals surface area contributed by atoms with Gasteiger partial charge in [-0.1, -0.05) is 70.3 Å². The fraction of sp³-hybridized carbons (Fsp3) is 0.0455. The number of thioether (sulfide) groups is 1. The summed E-state index contributed by atoms with van der Waals surface area (Å²) < 4.78 is 25.9. The van der Waals surface area contributed by atoms with Crippen LogP contribution in [-0.2, 0) is 20.4 Å². The summed E-state index contributed by atoms with van der Waals surface area (Å²) in [6.07, 6.45) is 1.66. The molecule has 1 heterocycles. The van der Waals surface area contributed by atoms with Crippen molar-refractivity contribution in [2.24, 2.45) is 0 Å². The number of hydrogen-bond acceptors (Lipinski definition) is 4. The first kappa shape index (κ1) is 23.5. The molecule has 0 bridgehead atoms. The van der Waals surface area contributed by atoms with E-state index in [1.165, 1.54) is 23.9 Å². The summed E-state index contributed by atoms with van der Waals surface area (Å²) in [6.45, 7) is 0. The Bertz CT molecular complexity index is 1370. The molecule has 1 aliphatic heterocycles. The van der Waals surface area contributed by atoms with E-state index in [-0.39, 0.29) is 26.6 Å². The highest BCUT2D eigenvalue weighted by Gasteiger charge is 2.25. The predicted molar refractivity (Wildman–Crippen MR) is 133 cm³/mol. The van der Waals surface area contributed by atoms with Crippen LogP contribution in [0.3, 0.4) is 0 Å². The van der Waals surface area contributed by atoms with Crippen LogP contribution in [0.2, 0.25) is 20.1 Å². The Morgan fingerprint density at radius 1 is 0.906 bits per heavy atom. The summed E-state index contributed by atoms with van der Waals surface area (Å²) in [5, 5.41) is 4.21. The molecule has 0 unspecified atom stereocenters. The summed E-state index contributed by atoms with van der Waals surface area (Å²) in [4.78, 5) is 13.8. The average Bonchev–Trinajstić information content (AvgIpc) is 2.73. The Labute approximate surface area is 209 Å². The molecule has 0 aromatic heterocycles. The molecule has 4 rings (SSSR count). The van der Waals surface area contributed by atoms with Crippen molar-refractivity contribution in [3.63, 3.8) is 0 Å². The van der Waals surface area contributed by atoms with Gasteiger partial charge in [0.1, 0.15) is 0 Å². The Balaban J connectivity index is 1.63. The second kappa shape index (κ2) is 9.29. The van der Waals surface area contributed by atoms with Crippen LogP contribution in [0.25, 0.3) is 6.08 Å². The largest absolute Gasteiger partial charge is 0.320 e. The van der Waals surface area contributed by atoms with Crippen LogP contribution in [0.15, 0.2) is 69.3 Å². The summed E-state index contributed by atoms with van der Waals surface area (Å²) >= 11 is 25.6. The number of fused-ring (bicyclic) bond motifs is 1. The smallest absolute Gasteiger partial charge is 0.262 e. The molecular weight excluding hydrogens is 532 g/mol. The average molecular weight is 545 g/mol. The maximum atomic E-state index is 13.0. The van der Waals surface area contributed by atoms with Crippen molar-refractivity contribution in [2.75, 3.05) is 5.32 Å². The minimum absolute atomic E-state index is 0.0568. The van der Waals surface area contributed by atoms with Crippen molar-refractivity contribution in [3.8, 4) is 0 Å². The lowest BCUT2D eigenvalue weighted by atomic mass is 10.2. The van der Waals surface area contributed by atoms with Gasteiger partial charge in [-0.25, -0.2) is 8.42 Å². The second-order valence-corrected chi connectivity index (χ2v) is 11.6. The maximum absolute atomic E-state index is 13.0. The van der Waals surface area contributed by atoms with E-state index in [0.29, 0.717) is 36.7 Å². The van der Waals surface area contributed by atoms with Gasteiger partial charge in [0, 0.05) is 30.5 Å². The van der Waals surface area contributed by atoms with Gasteiger partial charge >= 0.3 is 0 Å². The van der Waals surface area contributed by atoms with Crippen molar-refractivity contribution >= 4 is 85.7 Å². The van der Waals surface area contributed by atoms with Gasteiger partial charge in [0.05, 0.1) is 21.2 Å². The van der Waals surface area contributed by atoms with Gasteiger partial charge in [-0.3, -0.25) is 4.79 Å². The molecule has 3 aromatic rings. The molecule has 1 N–H and O–H groups in total. The van der Waals surface area contributed by atoms with Crippen LogP contribution in [-0.4, -0.2) is 14.3 Å². The summed E-state index contributed by atoms with van der Waals surface area (Å²) in [6, 6.07) is 14.4. The third-order valence-corrected chi connectivity index (χ3v) is 8.66. The molecule has 1 aliphatic rings. The predicted octanol–water partition coefficient (Wildman–Crippen LogP) is 7.36. The minimum Gasteiger partial charge on any atom is -0.320 e. The molecule has 0 atom stereocenters. The summed E-state index contributed by atoms with van der Waals surface area (Å²) in [5.74, 6) is -0.719. The van der Waals surface area contributed by atoms with Gasteiger partial charge in [-0.2, -0.15) is 0 Å². The molecule has 3 aromatic carbocycles. The standard InChI is InChI=1S/C22H13Cl4NO3S2/c23-13-5-4-12(18(26)9-13)8-21-22(28)27-19-10-14(6-7-20(19)31-21)32(29,30)11-15-16(24)2-1-3-17(15)25/h1-10H,11H2,(H,27,28)/b21-8+. The number of rotatable bonds is 4.